The maximum atomic E-state index is 13.8. The minimum atomic E-state index is -0.700. The lowest BCUT2D eigenvalue weighted by molar-refractivity contribution is -0.142. The molecule has 228 valence electrons. The van der Waals surface area contributed by atoms with E-state index in [1.165, 1.54) is 43.0 Å². The quantitative estimate of drug-likeness (QED) is 0.110. The number of carbonyl (C=O) groups excluding carboxylic acids is 2. The number of hydrogen-bond donors (Lipinski definition) is 3. The van der Waals surface area contributed by atoms with Crippen molar-refractivity contribution < 1.29 is 14.7 Å². The molecule has 0 bridgehead atoms. The number of aliphatic hydroxyl groups excluding tert-OH is 1. The molecule has 2 heterocycles. The topological polar surface area (TPSA) is 94.6 Å². The number of alkyl halides is 1. The van der Waals surface area contributed by atoms with Crippen LogP contribution in [0.25, 0.3) is 10.4 Å². The van der Waals surface area contributed by atoms with Crippen molar-refractivity contribution in [3.05, 3.63) is 41.0 Å². The summed E-state index contributed by atoms with van der Waals surface area (Å²) in [4.78, 5) is 34.1. The average molecular weight is 697 g/mol. The second-order valence-electron chi connectivity index (χ2n) is 12.3. The van der Waals surface area contributed by atoms with Gasteiger partial charge < -0.3 is 20.6 Å². The van der Waals surface area contributed by atoms with Gasteiger partial charge in [0.1, 0.15) is 6.04 Å². The number of nitrogens with one attached hydrogen (secondary N) is 2. The monoisotopic (exact) mass is 696 g/mol. The molecular formula is C32H49IN4O3S. The Balaban J connectivity index is 1.50. The second-order valence-corrected chi connectivity index (χ2v) is 14.3. The van der Waals surface area contributed by atoms with E-state index in [1.54, 1.807) is 16.2 Å². The van der Waals surface area contributed by atoms with E-state index in [-0.39, 0.29) is 30.2 Å². The first-order valence-corrected chi connectivity index (χ1v) is 17.6. The van der Waals surface area contributed by atoms with Gasteiger partial charge in [0, 0.05) is 19.5 Å². The van der Waals surface area contributed by atoms with Gasteiger partial charge in [-0.2, -0.15) is 0 Å². The van der Waals surface area contributed by atoms with Crippen LogP contribution in [0.15, 0.2) is 29.8 Å². The van der Waals surface area contributed by atoms with Crippen LogP contribution in [-0.4, -0.2) is 62.5 Å². The third kappa shape index (κ3) is 10.6. The molecule has 0 aliphatic carbocycles. The molecule has 3 atom stereocenters. The van der Waals surface area contributed by atoms with Gasteiger partial charge in [0.2, 0.25) is 11.8 Å². The molecule has 1 aliphatic rings. The molecular weight excluding hydrogens is 647 g/mol. The largest absolute Gasteiger partial charge is 0.391 e. The SMILES string of the molecule is Cc1ncsc1-c1ccc(CNC(=O)[C@@H]2C[C@@H](O)CN2C(=O)C(NCCCCCCCCCCI)C(C)(C)C)cc1. The van der Waals surface area contributed by atoms with E-state index in [1.807, 2.05) is 36.7 Å². The predicted molar refractivity (Wildman–Crippen MR) is 177 cm³/mol. The molecule has 0 spiro atoms. The molecule has 7 nitrogen and oxygen atoms in total. The highest BCUT2D eigenvalue weighted by Crippen LogP contribution is 2.28. The molecule has 41 heavy (non-hydrogen) atoms. The maximum absolute atomic E-state index is 13.8. The lowest BCUT2D eigenvalue weighted by atomic mass is 9.85. The van der Waals surface area contributed by atoms with Crippen molar-refractivity contribution in [2.24, 2.45) is 5.41 Å². The zero-order chi connectivity index (χ0) is 29.8. The fraction of sp³-hybridized carbons (Fsp3) is 0.656. The molecule has 1 aromatic carbocycles. The first-order chi connectivity index (χ1) is 19.6. The van der Waals surface area contributed by atoms with Gasteiger partial charge in [0.05, 0.1) is 28.2 Å². The van der Waals surface area contributed by atoms with E-state index in [2.05, 4.69) is 59.0 Å². The summed E-state index contributed by atoms with van der Waals surface area (Å²) >= 11 is 4.06. The van der Waals surface area contributed by atoms with Crippen LogP contribution >= 0.6 is 33.9 Å². The number of thiazole rings is 1. The van der Waals surface area contributed by atoms with E-state index >= 15 is 0 Å². The normalized spacial score (nSPS) is 18.0. The maximum Gasteiger partial charge on any atom is 0.243 e. The van der Waals surface area contributed by atoms with Gasteiger partial charge in [-0.15, -0.1) is 11.3 Å². The summed E-state index contributed by atoms with van der Waals surface area (Å²) in [7, 11) is 0. The number of benzene rings is 1. The Bertz CT molecular complexity index is 1090. The summed E-state index contributed by atoms with van der Waals surface area (Å²) < 4.78 is 1.25. The van der Waals surface area contributed by atoms with E-state index in [9.17, 15) is 14.7 Å². The van der Waals surface area contributed by atoms with Crippen molar-refractivity contribution in [3.63, 3.8) is 0 Å². The predicted octanol–water partition coefficient (Wildman–Crippen LogP) is 6.26. The summed E-state index contributed by atoms with van der Waals surface area (Å²) in [5, 5.41) is 16.9. The number of likely N-dealkylation sites (tertiary alicyclic amines) is 1. The number of aromatic nitrogens is 1. The third-order valence-corrected chi connectivity index (χ3v) is 9.56. The van der Waals surface area contributed by atoms with Gasteiger partial charge >= 0.3 is 0 Å². The van der Waals surface area contributed by atoms with Gasteiger partial charge in [0.15, 0.2) is 0 Å². The molecule has 1 saturated heterocycles. The van der Waals surface area contributed by atoms with Crippen LogP contribution < -0.4 is 10.6 Å². The number of amides is 2. The molecule has 0 saturated carbocycles. The highest BCUT2D eigenvalue weighted by Gasteiger charge is 2.43. The molecule has 9 heteroatoms. The van der Waals surface area contributed by atoms with Crippen molar-refractivity contribution in [3.8, 4) is 10.4 Å². The highest BCUT2D eigenvalue weighted by molar-refractivity contribution is 14.1. The molecule has 1 aliphatic heterocycles. The van der Waals surface area contributed by atoms with Crippen molar-refractivity contribution in [1.82, 2.24) is 20.5 Å². The fourth-order valence-corrected chi connectivity index (χ4v) is 6.77. The summed E-state index contributed by atoms with van der Waals surface area (Å²) in [6.45, 7) is 9.49. The smallest absolute Gasteiger partial charge is 0.243 e. The van der Waals surface area contributed by atoms with Crippen molar-refractivity contribution in [1.29, 1.82) is 0 Å². The second kappa shape index (κ2) is 16.9. The van der Waals surface area contributed by atoms with Crippen LogP contribution in [0.1, 0.15) is 89.8 Å². The molecule has 3 N–H and O–H groups in total. The van der Waals surface area contributed by atoms with Crippen LogP contribution in [0.5, 0.6) is 0 Å². The fourth-order valence-electron chi connectivity index (χ4n) is 5.42. The number of unbranched alkanes of at least 4 members (excludes halogenated alkanes) is 7. The van der Waals surface area contributed by atoms with E-state index < -0.39 is 18.2 Å². The van der Waals surface area contributed by atoms with Crippen molar-refractivity contribution in [2.75, 3.05) is 17.5 Å². The Morgan fingerprint density at radius 3 is 2.29 bits per heavy atom. The number of aliphatic hydroxyl groups is 1. The van der Waals surface area contributed by atoms with E-state index in [0.29, 0.717) is 6.54 Å². The Labute approximate surface area is 264 Å². The number of hydrogen-bond acceptors (Lipinski definition) is 6. The summed E-state index contributed by atoms with van der Waals surface area (Å²) in [5.41, 5.74) is 4.63. The van der Waals surface area contributed by atoms with Crippen LogP contribution in [0.2, 0.25) is 0 Å². The van der Waals surface area contributed by atoms with E-state index in [4.69, 9.17) is 0 Å². The Morgan fingerprint density at radius 2 is 1.71 bits per heavy atom. The molecule has 2 amide bonds. The van der Waals surface area contributed by atoms with Gasteiger partial charge in [-0.1, -0.05) is 106 Å². The number of carbonyl (C=O) groups is 2. The minimum absolute atomic E-state index is 0.103. The zero-order valence-electron chi connectivity index (χ0n) is 25.3. The first kappa shape index (κ1) is 33.9. The summed E-state index contributed by atoms with van der Waals surface area (Å²) in [6.07, 6.45) is 9.56. The molecule has 1 fully saturated rings. The van der Waals surface area contributed by atoms with Crippen LogP contribution in [0.4, 0.5) is 0 Å². The lowest BCUT2D eigenvalue weighted by Gasteiger charge is -2.35. The minimum Gasteiger partial charge on any atom is -0.391 e. The zero-order valence-corrected chi connectivity index (χ0v) is 28.2. The number of nitrogens with zero attached hydrogens (tertiary/aromatic N) is 2. The molecule has 0 radical (unpaired) electrons. The number of β-amino-alcohol motifs (C(OH)–C–C–N with tert-alkyl or cyclic N) is 1. The van der Waals surface area contributed by atoms with E-state index in [0.717, 1.165) is 41.1 Å². The Kier molecular flexibility index (Phi) is 14.0. The average Bonchev–Trinajstić information content (AvgIpc) is 3.55. The molecule has 2 aromatic rings. The third-order valence-electron chi connectivity index (χ3n) is 7.81. The Morgan fingerprint density at radius 1 is 1.07 bits per heavy atom. The standard InChI is InChI=1S/C32H49IN4O3S/c1-23-28(41-22-36-23)25-15-13-24(14-16-25)20-35-30(39)27-19-26(38)21-37(27)31(40)29(32(2,3)4)34-18-12-10-8-6-5-7-9-11-17-33/h13-16,22,26-27,29,34,38H,5-12,17-21H2,1-4H3,(H,35,39)/t26-,27+,29?/m1/s1. The summed E-state index contributed by atoms with van der Waals surface area (Å²) in [5.74, 6) is -0.322. The Hall–Kier alpha value is -1.56. The number of aryl methyl sites for hydroxylation is 1. The first-order valence-electron chi connectivity index (χ1n) is 15.2. The number of rotatable bonds is 16. The number of halogens is 1. The highest BCUT2D eigenvalue weighted by atomic mass is 127. The van der Waals surface area contributed by atoms with Gasteiger partial charge in [-0.25, -0.2) is 4.98 Å². The van der Waals surface area contributed by atoms with Crippen molar-refractivity contribution in [2.45, 2.75) is 110 Å². The van der Waals surface area contributed by atoms with Crippen LogP contribution in [0.3, 0.4) is 0 Å². The molecule has 1 aromatic heterocycles. The van der Waals surface area contributed by atoms with Gasteiger partial charge in [-0.05, 0) is 47.3 Å². The van der Waals surface area contributed by atoms with Gasteiger partial charge in [-0.3, -0.25) is 9.59 Å². The van der Waals surface area contributed by atoms with Crippen molar-refractivity contribution >= 4 is 45.7 Å². The molecule has 3 rings (SSSR count). The van der Waals surface area contributed by atoms with Crippen LogP contribution in [-0.2, 0) is 16.1 Å². The summed E-state index contributed by atoms with van der Waals surface area (Å²) in [6, 6.07) is 7.02. The lowest BCUT2D eigenvalue weighted by Crippen LogP contribution is -2.56. The molecule has 1 unspecified atom stereocenters. The van der Waals surface area contributed by atoms with Crippen LogP contribution in [0, 0.1) is 12.3 Å². The van der Waals surface area contributed by atoms with Gasteiger partial charge in [0.25, 0.3) is 0 Å².